The first-order chi connectivity index (χ1) is 20.3. The van der Waals surface area contributed by atoms with Crippen molar-refractivity contribution in [1.29, 1.82) is 0 Å². The van der Waals surface area contributed by atoms with Gasteiger partial charge in [0.15, 0.2) is 5.12 Å². The largest absolute Gasteiger partial charge is 0.456 e. The normalized spacial score (nSPS) is 18.0. The third-order valence-electron chi connectivity index (χ3n) is 6.94. The number of thioether (sulfide) groups is 1. The first-order valence-electron chi connectivity index (χ1n) is 14.9. The first kappa shape index (κ1) is 33.0. The molecule has 9 heteroatoms. The van der Waals surface area contributed by atoms with Crippen LogP contribution in [0, 0.1) is 5.92 Å². The number of cyclic esters (lactones) is 1. The molecule has 2 amide bonds. The maximum absolute atomic E-state index is 13.3. The van der Waals surface area contributed by atoms with Gasteiger partial charge in [-0.1, -0.05) is 82.5 Å². The highest BCUT2D eigenvalue weighted by atomic mass is 32.2. The number of carbonyl (C=O) groups is 4. The summed E-state index contributed by atoms with van der Waals surface area (Å²) in [6.45, 7) is 6.03. The fraction of sp³-hybridized carbons (Fsp3) is 0.485. The van der Waals surface area contributed by atoms with Gasteiger partial charge >= 0.3 is 5.97 Å². The number of rotatable bonds is 11. The van der Waals surface area contributed by atoms with Gasteiger partial charge in [-0.15, -0.1) is 0 Å². The number of esters is 1. The first-order valence-corrected chi connectivity index (χ1v) is 15.9. The summed E-state index contributed by atoms with van der Waals surface area (Å²) in [5.74, 6) is -0.930. The van der Waals surface area contributed by atoms with Crippen molar-refractivity contribution < 1.29 is 23.9 Å². The number of allylic oxidation sites excluding steroid dienone is 1. The number of fused-ring (bicyclic) bond motifs is 5. The number of nitrogens with one attached hydrogen (secondary N) is 2. The second-order valence-electron chi connectivity index (χ2n) is 10.8. The maximum atomic E-state index is 13.3. The third kappa shape index (κ3) is 11.1. The van der Waals surface area contributed by atoms with Crippen molar-refractivity contribution in [2.45, 2.75) is 90.8 Å². The van der Waals surface area contributed by atoms with Crippen LogP contribution in [0.3, 0.4) is 0 Å². The average Bonchev–Trinajstić information content (AvgIpc) is 2.98. The summed E-state index contributed by atoms with van der Waals surface area (Å²) in [5.41, 5.74) is 2.50. The number of amides is 2. The van der Waals surface area contributed by atoms with Crippen LogP contribution in [-0.4, -0.2) is 45.8 Å². The zero-order valence-corrected chi connectivity index (χ0v) is 25.7. The van der Waals surface area contributed by atoms with Crippen LogP contribution in [0.5, 0.6) is 0 Å². The van der Waals surface area contributed by atoms with E-state index in [1.807, 2.05) is 44.2 Å². The highest BCUT2D eigenvalue weighted by Crippen LogP contribution is 2.20. The zero-order chi connectivity index (χ0) is 30.3. The van der Waals surface area contributed by atoms with Gasteiger partial charge in [-0.25, -0.2) is 4.79 Å². The smallest absolute Gasteiger partial charge is 0.329 e. The van der Waals surface area contributed by atoms with Crippen molar-refractivity contribution in [3.8, 4) is 11.3 Å². The molecule has 2 atom stereocenters. The van der Waals surface area contributed by atoms with E-state index in [4.69, 9.17) is 4.74 Å². The Labute approximate surface area is 253 Å². The lowest BCUT2D eigenvalue weighted by Gasteiger charge is -2.24. The van der Waals surface area contributed by atoms with Crippen molar-refractivity contribution >= 4 is 34.7 Å². The lowest BCUT2D eigenvalue weighted by molar-refractivity contribution is -0.151. The van der Waals surface area contributed by atoms with E-state index in [9.17, 15) is 19.2 Å². The van der Waals surface area contributed by atoms with Crippen LogP contribution in [0.2, 0.25) is 0 Å². The standard InChI is InChI=1S/C33H43N3O5S/c1-4-5-6-7-8-18-30(38)42-19-10-9-16-27-21-29(37)34-22-26-15-12-17-28(35-26)24-13-11-14-25(20-24)32(39)36-31(23(2)3)33(40)41-27/h9,11-17,20,23,27,31H,4-8,10,18-19,21-22H2,1-3H3,(H,34,37)(H,36,39)/b16-9+/t27-,31+/m1/s1. The van der Waals surface area contributed by atoms with Gasteiger partial charge in [0, 0.05) is 23.3 Å². The molecule has 1 aliphatic rings. The Balaban J connectivity index is 1.70. The molecule has 0 aliphatic carbocycles. The number of hydrogen-bond acceptors (Lipinski definition) is 7. The van der Waals surface area contributed by atoms with E-state index in [-0.39, 0.29) is 29.9 Å². The molecule has 0 saturated heterocycles. The molecule has 2 heterocycles. The molecule has 2 aromatic rings. The molecular formula is C33H43N3O5S. The minimum Gasteiger partial charge on any atom is -0.456 e. The van der Waals surface area contributed by atoms with E-state index in [2.05, 4.69) is 22.5 Å². The van der Waals surface area contributed by atoms with Crippen LogP contribution < -0.4 is 10.6 Å². The summed E-state index contributed by atoms with van der Waals surface area (Å²) in [5, 5.41) is 5.87. The number of nitrogens with zero attached hydrogens (tertiary/aromatic N) is 1. The Hall–Kier alpha value is -3.46. The molecule has 1 aromatic carbocycles. The van der Waals surface area contributed by atoms with Crippen LogP contribution in [0.25, 0.3) is 11.3 Å². The van der Waals surface area contributed by atoms with Gasteiger partial charge in [-0.3, -0.25) is 19.4 Å². The Morgan fingerprint density at radius 1 is 1.07 bits per heavy atom. The molecule has 2 N–H and O–H groups in total. The highest BCUT2D eigenvalue weighted by Gasteiger charge is 2.29. The van der Waals surface area contributed by atoms with Gasteiger partial charge in [-0.2, -0.15) is 0 Å². The Morgan fingerprint density at radius 2 is 1.83 bits per heavy atom. The fourth-order valence-corrected chi connectivity index (χ4v) is 5.30. The number of carbonyl (C=O) groups excluding carboxylic acids is 4. The summed E-state index contributed by atoms with van der Waals surface area (Å²) in [4.78, 5) is 56.1. The third-order valence-corrected chi connectivity index (χ3v) is 7.90. The van der Waals surface area contributed by atoms with Gasteiger partial charge < -0.3 is 15.4 Å². The van der Waals surface area contributed by atoms with E-state index in [0.717, 1.165) is 18.4 Å². The molecule has 226 valence electrons. The predicted octanol–water partition coefficient (Wildman–Crippen LogP) is 6.00. The minimum absolute atomic E-state index is 0.0798. The molecule has 3 rings (SSSR count). The Kier molecular flexibility index (Phi) is 13.8. The molecule has 0 spiro atoms. The number of aromatic nitrogens is 1. The molecule has 0 unspecified atom stereocenters. The van der Waals surface area contributed by atoms with E-state index in [1.54, 1.807) is 24.3 Å². The Bertz CT molecular complexity index is 1250. The van der Waals surface area contributed by atoms with Gasteiger partial charge in [0.2, 0.25) is 5.91 Å². The van der Waals surface area contributed by atoms with Crippen molar-refractivity contribution in [3.05, 3.63) is 65.9 Å². The summed E-state index contributed by atoms with van der Waals surface area (Å²) < 4.78 is 5.77. The summed E-state index contributed by atoms with van der Waals surface area (Å²) in [6.07, 6.45) is 9.37. The lowest BCUT2D eigenvalue weighted by Crippen LogP contribution is -2.46. The van der Waals surface area contributed by atoms with Crippen LogP contribution in [0.4, 0.5) is 0 Å². The molecule has 42 heavy (non-hydrogen) atoms. The van der Waals surface area contributed by atoms with Crippen molar-refractivity contribution in [2.75, 3.05) is 5.75 Å². The van der Waals surface area contributed by atoms with Crippen molar-refractivity contribution in [3.63, 3.8) is 0 Å². The molecule has 0 fully saturated rings. The van der Waals surface area contributed by atoms with Crippen LogP contribution >= 0.6 is 11.8 Å². The van der Waals surface area contributed by atoms with Gasteiger partial charge in [0.25, 0.3) is 5.91 Å². The summed E-state index contributed by atoms with van der Waals surface area (Å²) >= 11 is 1.31. The number of hydrogen-bond donors (Lipinski definition) is 2. The molecule has 0 radical (unpaired) electrons. The highest BCUT2D eigenvalue weighted by molar-refractivity contribution is 8.13. The zero-order valence-electron chi connectivity index (χ0n) is 24.9. The minimum atomic E-state index is -0.903. The van der Waals surface area contributed by atoms with Crippen molar-refractivity contribution in [2.24, 2.45) is 5.92 Å². The summed E-state index contributed by atoms with van der Waals surface area (Å²) in [6, 6.07) is 11.7. The number of unbranched alkanes of at least 4 members (excludes halogenated alkanes) is 4. The maximum Gasteiger partial charge on any atom is 0.329 e. The van der Waals surface area contributed by atoms with Crippen LogP contribution in [-0.2, 0) is 25.7 Å². The van der Waals surface area contributed by atoms with Gasteiger partial charge in [0.05, 0.1) is 24.4 Å². The number of pyridine rings is 1. The lowest BCUT2D eigenvalue weighted by atomic mass is 10.0. The molecule has 1 aromatic heterocycles. The number of benzene rings is 1. The molecule has 1 aliphatic heterocycles. The fourth-order valence-electron chi connectivity index (χ4n) is 4.53. The van der Waals surface area contributed by atoms with E-state index >= 15 is 0 Å². The second kappa shape index (κ2) is 17.5. The van der Waals surface area contributed by atoms with E-state index < -0.39 is 24.0 Å². The molecule has 4 bridgehead atoms. The monoisotopic (exact) mass is 593 g/mol. The SMILES string of the molecule is CCCCCCCC(=O)SCC/C=C/[C@@H]1CC(=O)NCc2cccc(n2)-c2cccc(c2)C(=O)N[C@@H](C(C)C)C(=O)O1. The molecular weight excluding hydrogens is 550 g/mol. The Morgan fingerprint density at radius 3 is 2.62 bits per heavy atom. The predicted molar refractivity (Wildman–Crippen MR) is 167 cm³/mol. The topological polar surface area (TPSA) is 114 Å². The quantitative estimate of drug-likeness (QED) is 0.187. The van der Waals surface area contributed by atoms with E-state index in [0.29, 0.717) is 35.5 Å². The van der Waals surface area contributed by atoms with Crippen LogP contribution in [0.15, 0.2) is 54.6 Å². The number of ether oxygens (including phenoxy) is 1. The second-order valence-corrected chi connectivity index (χ2v) is 12.0. The van der Waals surface area contributed by atoms with Gasteiger partial charge in [-0.05, 0) is 49.1 Å². The van der Waals surface area contributed by atoms with Crippen molar-refractivity contribution in [1.82, 2.24) is 15.6 Å². The van der Waals surface area contributed by atoms with Gasteiger partial charge in [0.1, 0.15) is 12.1 Å². The average molecular weight is 594 g/mol. The van der Waals surface area contributed by atoms with E-state index in [1.165, 1.54) is 31.0 Å². The molecule has 8 nitrogen and oxygen atoms in total. The summed E-state index contributed by atoms with van der Waals surface area (Å²) in [7, 11) is 0. The molecule has 0 saturated carbocycles. The van der Waals surface area contributed by atoms with Crippen LogP contribution in [0.1, 0.15) is 88.2 Å².